The molecule has 3 N–H and O–H groups in total. The van der Waals surface area contributed by atoms with Gasteiger partial charge in [-0.3, -0.25) is 37.3 Å². The van der Waals surface area contributed by atoms with Gasteiger partial charge in [-0.15, -0.1) is 0 Å². The molecule has 0 aromatic rings. The summed E-state index contributed by atoms with van der Waals surface area (Å²) in [7, 11) is -9.91. The lowest BCUT2D eigenvalue weighted by Gasteiger charge is -2.21. The van der Waals surface area contributed by atoms with Crippen LogP contribution in [0.3, 0.4) is 0 Å². The van der Waals surface area contributed by atoms with Crippen molar-refractivity contribution in [3.63, 3.8) is 0 Å². The molecular weight excluding hydrogens is 1160 g/mol. The number of esters is 4. The van der Waals surface area contributed by atoms with Crippen LogP contribution < -0.4 is 0 Å². The number of carbonyl (C=O) groups is 4. The van der Waals surface area contributed by atoms with Gasteiger partial charge in [0, 0.05) is 25.7 Å². The Labute approximate surface area is 535 Å². The highest BCUT2D eigenvalue weighted by molar-refractivity contribution is 7.47. The van der Waals surface area contributed by atoms with E-state index in [0.717, 1.165) is 115 Å². The topological polar surface area (TPSA) is 237 Å². The molecule has 17 nitrogen and oxygen atoms in total. The predicted molar refractivity (Wildman–Crippen MR) is 354 cm³/mol. The average molecular weight is 1290 g/mol. The second-order valence-corrected chi connectivity index (χ2v) is 27.9. The molecule has 518 valence electrons. The molecule has 0 aliphatic rings. The number of unbranched alkanes of at least 4 members (excludes halogenated alkanes) is 32. The number of rotatable bonds is 66. The fraction of sp³-hybridized carbons (Fsp3) is 0.884. The quantitative estimate of drug-likeness (QED) is 0.0169. The van der Waals surface area contributed by atoms with E-state index >= 15 is 0 Å². The van der Waals surface area contributed by atoms with E-state index in [4.69, 9.17) is 37.0 Å². The first-order valence-electron chi connectivity index (χ1n) is 35.3. The van der Waals surface area contributed by atoms with E-state index in [1.165, 1.54) is 128 Å². The van der Waals surface area contributed by atoms with Crippen molar-refractivity contribution in [1.29, 1.82) is 0 Å². The molecule has 0 saturated heterocycles. The molecule has 0 bridgehead atoms. The number of aliphatic hydroxyl groups is 1. The Hall–Kier alpha value is -2.46. The Kier molecular flexibility index (Phi) is 59.1. The second-order valence-electron chi connectivity index (χ2n) is 24.9. The molecule has 0 spiro atoms. The average Bonchev–Trinajstić information content (AvgIpc) is 3.65. The van der Waals surface area contributed by atoms with Gasteiger partial charge in [-0.25, -0.2) is 9.13 Å². The van der Waals surface area contributed by atoms with Crippen molar-refractivity contribution in [1.82, 2.24) is 0 Å². The zero-order valence-corrected chi connectivity index (χ0v) is 58.3. The van der Waals surface area contributed by atoms with Gasteiger partial charge in [0.1, 0.15) is 19.3 Å². The first kappa shape index (κ1) is 85.5. The number of ether oxygens (including phenoxy) is 4. The Bertz CT molecular complexity index is 1810. The summed E-state index contributed by atoms with van der Waals surface area (Å²) >= 11 is 0. The number of allylic oxidation sites excluding steroid dienone is 4. The zero-order valence-electron chi connectivity index (χ0n) is 56.5. The van der Waals surface area contributed by atoms with E-state index < -0.39 is 97.5 Å². The van der Waals surface area contributed by atoms with Gasteiger partial charge in [0.15, 0.2) is 12.2 Å². The maximum absolute atomic E-state index is 13.0. The molecule has 0 aliphatic carbocycles. The SMILES string of the molecule is CCCCCC/C=C\C=C/CCCCCCCC(=O)O[C@H](COC(=O)CCCCCCCCCCCCCC(C)C)COP(=O)(O)OC[C@@H](O)COP(=O)(O)OC[C@@H](COC(=O)CCCCCCCCCCC)OC(=O)CCCCCCCCC(C)CC. The summed E-state index contributed by atoms with van der Waals surface area (Å²) in [6.45, 7) is 9.40. The van der Waals surface area contributed by atoms with Crippen molar-refractivity contribution >= 4 is 39.5 Å². The van der Waals surface area contributed by atoms with E-state index in [1.807, 2.05) is 0 Å². The fourth-order valence-electron chi connectivity index (χ4n) is 9.84. The molecule has 88 heavy (non-hydrogen) atoms. The lowest BCUT2D eigenvalue weighted by atomic mass is 10.00. The lowest BCUT2D eigenvalue weighted by Crippen LogP contribution is -2.30. The van der Waals surface area contributed by atoms with Crippen LogP contribution in [-0.4, -0.2) is 96.7 Å². The molecule has 0 fully saturated rings. The number of hydrogen-bond acceptors (Lipinski definition) is 15. The number of hydrogen-bond donors (Lipinski definition) is 3. The third kappa shape index (κ3) is 61.1. The predicted octanol–water partition coefficient (Wildman–Crippen LogP) is 19.2. The summed E-state index contributed by atoms with van der Waals surface area (Å²) in [5.74, 6) is -0.673. The maximum atomic E-state index is 13.0. The third-order valence-electron chi connectivity index (χ3n) is 15.7. The van der Waals surface area contributed by atoms with Gasteiger partial charge in [-0.05, 0) is 63.2 Å². The van der Waals surface area contributed by atoms with Crippen LogP contribution in [0.2, 0.25) is 0 Å². The monoisotopic (exact) mass is 1290 g/mol. The van der Waals surface area contributed by atoms with Crippen molar-refractivity contribution in [2.75, 3.05) is 39.6 Å². The number of phosphoric acid groups is 2. The first-order chi connectivity index (χ1) is 42.4. The van der Waals surface area contributed by atoms with E-state index in [0.29, 0.717) is 25.7 Å². The number of carbonyl (C=O) groups excluding carboxylic acids is 4. The highest BCUT2D eigenvalue weighted by Gasteiger charge is 2.30. The van der Waals surface area contributed by atoms with Gasteiger partial charge in [-0.2, -0.15) is 0 Å². The molecule has 6 atom stereocenters. The van der Waals surface area contributed by atoms with Crippen LogP contribution in [0.15, 0.2) is 24.3 Å². The number of aliphatic hydroxyl groups excluding tert-OH is 1. The summed E-state index contributed by atoms with van der Waals surface area (Å²) < 4.78 is 68.1. The largest absolute Gasteiger partial charge is 0.472 e. The molecule has 0 amide bonds. The van der Waals surface area contributed by atoms with E-state index in [1.54, 1.807) is 0 Å². The molecule has 0 saturated carbocycles. The van der Waals surface area contributed by atoms with E-state index in [-0.39, 0.29) is 25.7 Å². The maximum Gasteiger partial charge on any atom is 0.472 e. The summed E-state index contributed by atoms with van der Waals surface area (Å²) in [5, 5.41) is 10.6. The summed E-state index contributed by atoms with van der Waals surface area (Å²) in [6, 6.07) is 0. The van der Waals surface area contributed by atoms with Crippen molar-refractivity contribution in [3.8, 4) is 0 Å². The molecule has 3 unspecified atom stereocenters. The zero-order chi connectivity index (χ0) is 65.0. The Balaban J connectivity index is 5.28. The van der Waals surface area contributed by atoms with Crippen molar-refractivity contribution in [3.05, 3.63) is 24.3 Å². The highest BCUT2D eigenvalue weighted by atomic mass is 31.2. The van der Waals surface area contributed by atoms with Crippen LogP contribution in [0.5, 0.6) is 0 Å². The van der Waals surface area contributed by atoms with Gasteiger partial charge in [-0.1, -0.05) is 271 Å². The first-order valence-corrected chi connectivity index (χ1v) is 38.3. The summed E-state index contributed by atoms with van der Waals surface area (Å²) in [4.78, 5) is 72.4. The Morgan fingerprint density at radius 1 is 0.375 bits per heavy atom. The number of phosphoric ester groups is 2. The standard InChI is InChI=1S/C69H130O17P2/c1-7-10-12-14-16-18-19-20-21-22-25-30-34-41-47-53-68(73)85-64(57-80-67(72)52-46-40-33-29-26-23-24-28-31-37-43-49-61(4)5)59-83-87(75,76)81-55-63(70)56-82-88(77,78)84-60-65(58-79-66(71)51-45-39-32-27-17-15-13-11-8-2)86-69(74)54-48-42-36-35-38-44-50-62(6)9-3/h18-21,61-65,70H,7-17,22-60H2,1-6H3,(H,75,76)(H,77,78)/b19-18-,21-20-/t62?,63-,64-,65-/m1/s1. The smallest absolute Gasteiger partial charge is 0.462 e. The second kappa shape index (κ2) is 60.8. The third-order valence-corrected chi connectivity index (χ3v) is 17.6. The van der Waals surface area contributed by atoms with Crippen LogP contribution >= 0.6 is 15.6 Å². The van der Waals surface area contributed by atoms with Gasteiger partial charge in [0.2, 0.25) is 0 Å². The van der Waals surface area contributed by atoms with Gasteiger partial charge < -0.3 is 33.8 Å². The molecular formula is C69H130O17P2. The van der Waals surface area contributed by atoms with Gasteiger partial charge in [0.05, 0.1) is 26.4 Å². The van der Waals surface area contributed by atoms with Crippen LogP contribution in [0, 0.1) is 11.8 Å². The van der Waals surface area contributed by atoms with Gasteiger partial charge >= 0.3 is 39.5 Å². The minimum atomic E-state index is -4.96. The molecule has 0 aromatic carbocycles. The molecule has 19 heteroatoms. The van der Waals surface area contributed by atoms with Gasteiger partial charge in [0.25, 0.3) is 0 Å². The molecule has 0 aliphatic heterocycles. The molecule has 0 rings (SSSR count). The minimum Gasteiger partial charge on any atom is -0.462 e. The summed E-state index contributed by atoms with van der Waals surface area (Å²) in [6.07, 6.45) is 48.0. The summed E-state index contributed by atoms with van der Waals surface area (Å²) in [5.41, 5.74) is 0. The normalized spacial score (nSPS) is 14.7. The van der Waals surface area contributed by atoms with Crippen LogP contribution in [-0.2, 0) is 65.4 Å². The molecule has 0 radical (unpaired) electrons. The Morgan fingerprint density at radius 3 is 1.02 bits per heavy atom. The van der Waals surface area contributed by atoms with Crippen molar-refractivity contribution in [2.24, 2.45) is 11.8 Å². The van der Waals surface area contributed by atoms with Crippen LogP contribution in [0.1, 0.15) is 324 Å². The van der Waals surface area contributed by atoms with E-state index in [9.17, 15) is 43.2 Å². The van der Waals surface area contributed by atoms with Crippen molar-refractivity contribution < 1.29 is 80.2 Å². The molecule has 0 heterocycles. The van der Waals surface area contributed by atoms with E-state index in [2.05, 4.69) is 65.8 Å². The fourth-order valence-corrected chi connectivity index (χ4v) is 11.4. The lowest BCUT2D eigenvalue weighted by molar-refractivity contribution is -0.161. The van der Waals surface area contributed by atoms with Crippen LogP contribution in [0.25, 0.3) is 0 Å². The van der Waals surface area contributed by atoms with Crippen molar-refractivity contribution in [2.45, 2.75) is 342 Å². The van der Waals surface area contributed by atoms with Crippen LogP contribution in [0.4, 0.5) is 0 Å². The minimum absolute atomic E-state index is 0.0846. The molecule has 0 aromatic heterocycles. The Morgan fingerprint density at radius 2 is 0.670 bits per heavy atom. The highest BCUT2D eigenvalue weighted by Crippen LogP contribution is 2.45.